The van der Waals surface area contributed by atoms with Crippen molar-refractivity contribution in [1.29, 1.82) is 0 Å². The predicted octanol–water partition coefficient (Wildman–Crippen LogP) is 4.65. The van der Waals surface area contributed by atoms with Crippen LogP contribution in [0.5, 0.6) is 0 Å². The van der Waals surface area contributed by atoms with E-state index in [1.807, 2.05) is 30.3 Å². The maximum Gasteiger partial charge on any atom is 0.259 e. The first-order chi connectivity index (χ1) is 14.5. The van der Waals surface area contributed by atoms with Crippen LogP contribution in [0.15, 0.2) is 72.8 Å². The molecule has 1 fully saturated rings. The van der Waals surface area contributed by atoms with Gasteiger partial charge in [-0.25, -0.2) is 13.2 Å². The fraction of sp³-hybridized carbons (Fsp3) is 0.208. The van der Waals surface area contributed by atoms with E-state index < -0.39 is 23.1 Å². The Balaban J connectivity index is 1.54. The largest absolute Gasteiger partial charge is 0.336 e. The van der Waals surface area contributed by atoms with Crippen molar-refractivity contribution in [2.24, 2.45) is 0 Å². The minimum Gasteiger partial charge on any atom is -0.336 e. The second-order valence-electron chi connectivity index (χ2n) is 7.29. The van der Waals surface area contributed by atoms with Crippen LogP contribution < -0.4 is 0 Å². The number of hydrogen-bond acceptors (Lipinski definition) is 2. The highest BCUT2D eigenvalue weighted by Gasteiger charge is 2.30. The second kappa shape index (κ2) is 8.71. The van der Waals surface area contributed by atoms with Crippen molar-refractivity contribution in [2.75, 3.05) is 26.2 Å². The number of piperazine rings is 1. The van der Waals surface area contributed by atoms with Gasteiger partial charge in [-0.2, -0.15) is 0 Å². The summed E-state index contributed by atoms with van der Waals surface area (Å²) in [7, 11) is 0. The summed E-state index contributed by atoms with van der Waals surface area (Å²) in [4.78, 5) is 16.4. The first kappa shape index (κ1) is 20.2. The van der Waals surface area contributed by atoms with Crippen LogP contribution in [0.2, 0.25) is 0 Å². The molecule has 3 aromatic rings. The standard InChI is InChI=1S/C24H21F3N2O/c25-19-11-9-18(10-12-19)23(17-5-2-1-3-6-17)28-13-15-29(16-14-28)24(30)22-20(26)7-4-8-21(22)27/h1-12,23H,13-16H2/t23-/m1/s1. The van der Waals surface area contributed by atoms with E-state index in [1.165, 1.54) is 23.1 Å². The lowest BCUT2D eigenvalue weighted by atomic mass is 9.96. The van der Waals surface area contributed by atoms with E-state index in [1.54, 1.807) is 12.1 Å². The van der Waals surface area contributed by atoms with Gasteiger partial charge in [0.05, 0.1) is 6.04 Å². The van der Waals surface area contributed by atoms with E-state index in [0.29, 0.717) is 26.2 Å². The van der Waals surface area contributed by atoms with Crippen molar-refractivity contribution in [3.05, 3.63) is 107 Å². The zero-order valence-corrected chi connectivity index (χ0v) is 16.3. The summed E-state index contributed by atoms with van der Waals surface area (Å²) in [6.45, 7) is 1.74. The molecule has 154 valence electrons. The summed E-state index contributed by atoms with van der Waals surface area (Å²) >= 11 is 0. The highest BCUT2D eigenvalue weighted by molar-refractivity contribution is 5.94. The topological polar surface area (TPSA) is 23.6 Å². The van der Waals surface area contributed by atoms with Crippen molar-refractivity contribution in [2.45, 2.75) is 6.04 Å². The van der Waals surface area contributed by atoms with Crippen LogP contribution in [0.25, 0.3) is 0 Å². The lowest BCUT2D eigenvalue weighted by Crippen LogP contribution is -2.50. The van der Waals surface area contributed by atoms with Gasteiger partial charge < -0.3 is 4.90 Å². The van der Waals surface area contributed by atoms with E-state index in [4.69, 9.17) is 0 Å². The molecule has 1 heterocycles. The summed E-state index contributed by atoms with van der Waals surface area (Å²) in [5.74, 6) is -2.64. The number of carbonyl (C=O) groups excluding carboxylic acids is 1. The number of carbonyl (C=O) groups is 1. The normalized spacial score (nSPS) is 15.8. The Morgan fingerprint density at radius 3 is 1.87 bits per heavy atom. The summed E-state index contributed by atoms with van der Waals surface area (Å²) in [6.07, 6.45) is 0. The van der Waals surface area contributed by atoms with E-state index in [9.17, 15) is 18.0 Å². The lowest BCUT2D eigenvalue weighted by Gasteiger charge is -2.39. The average Bonchev–Trinajstić information content (AvgIpc) is 2.76. The van der Waals surface area contributed by atoms with Crippen molar-refractivity contribution in [1.82, 2.24) is 9.80 Å². The van der Waals surface area contributed by atoms with Gasteiger partial charge in [0, 0.05) is 26.2 Å². The van der Waals surface area contributed by atoms with Gasteiger partial charge in [-0.05, 0) is 35.4 Å². The molecule has 0 unspecified atom stereocenters. The third-order valence-electron chi connectivity index (χ3n) is 5.44. The third kappa shape index (κ3) is 4.09. The molecule has 0 radical (unpaired) electrons. The Hall–Kier alpha value is -3.12. The number of nitrogens with zero attached hydrogens (tertiary/aromatic N) is 2. The number of benzene rings is 3. The number of hydrogen-bond donors (Lipinski definition) is 0. The lowest BCUT2D eigenvalue weighted by molar-refractivity contribution is 0.0588. The SMILES string of the molecule is O=C(c1c(F)cccc1F)N1CCN([C@H](c2ccccc2)c2ccc(F)cc2)CC1. The molecule has 0 N–H and O–H groups in total. The second-order valence-corrected chi connectivity index (χ2v) is 7.29. The molecule has 3 nitrogen and oxygen atoms in total. The summed E-state index contributed by atoms with van der Waals surface area (Å²) < 4.78 is 41.5. The van der Waals surface area contributed by atoms with Gasteiger partial charge >= 0.3 is 0 Å². The molecule has 0 aliphatic carbocycles. The van der Waals surface area contributed by atoms with Crippen molar-refractivity contribution in [3.63, 3.8) is 0 Å². The smallest absolute Gasteiger partial charge is 0.259 e. The van der Waals surface area contributed by atoms with Crippen LogP contribution in [-0.2, 0) is 0 Å². The maximum atomic E-state index is 14.0. The maximum absolute atomic E-state index is 14.0. The van der Waals surface area contributed by atoms with Crippen LogP contribution >= 0.6 is 0 Å². The highest BCUT2D eigenvalue weighted by Crippen LogP contribution is 2.30. The Labute approximate surface area is 173 Å². The average molecular weight is 410 g/mol. The van der Waals surface area contributed by atoms with Gasteiger partial charge in [-0.15, -0.1) is 0 Å². The third-order valence-corrected chi connectivity index (χ3v) is 5.44. The van der Waals surface area contributed by atoms with Gasteiger partial charge in [0.25, 0.3) is 5.91 Å². The Bertz CT molecular complexity index is 996. The Kier molecular flexibility index (Phi) is 5.86. The summed E-state index contributed by atoms with van der Waals surface area (Å²) in [5.41, 5.74) is 1.50. The zero-order chi connectivity index (χ0) is 21.1. The molecule has 0 bridgehead atoms. The number of halogens is 3. The van der Waals surface area contributed by atoms with E-state index in [2.05, 4.69) is 4.90 Å². The predicted molar refractivity (Wildman–Crippen MR) is 109 cm³/mol. The first-order valence-electron chi connectivity index (χ1n) is 9.82. The number of rotatable bonds is 4. The fourth-order valence-electron chi connectivity index (χ4n) is 3.94. The van der Waals surface area contributed by atoms with Gasteiger partial charge in [-0.3, -0.25) is 9.69 Å². The van der Waals surface area contributed by atoms with E-state index in [-0.39, 0.29) is 11.9 Å². The minimum absolute atomic E-state index is 0.103. The van der Waals surface area contributed by atoms with Gasteiger partial charge in [0.1, 0.15) is 23.0 Å². The quantitative estimate of drug-likeness (QED) is 0.625. The van der Waals surface area contributed by atoms with E-state index >= 15 is 0 Å². The molecule has 0 saturated carbocycles. The van der Waals surface area contributed by atoms with Crippen LogP contribution in [0.3, 0.4) is 0 Å². The summed E-state index contributed by atoms with van der Waals surface area (Å²) in [6, 6.07) is 19.6. The van der Waals surface area contributed by atoms with Crippen molar-refractivity contribution in [3.8, 4) is 0 Å². The first-order valence-corrected chi connectivity index (χ1v) is 9.82. The molecule has 0 spiro atoms. The van der Waals surface area contributed by atoms with Crippen LogP contribution in [-0.4, -0.2) is 41.9 Å². The van der Waals surface area contributed by atoms with E-state index in [0.717, 1.165) is 23.3 Å². The monoisotopic (exact) mass is 410 g/mol. The van der Waals surface area contributed by atoms with Crippen LogP contribution in [0.1, 0.15) is 27.5 Å². The molecule has 0 aromatic heterocycles. The minimum atomic E-state index is -0.851. The van der Waals surface area contributed by atoms with Crippen LogP contribution in [0, 0.1) is 17.5 Å². The molecule has 1 aliphatic rings. The Morgan fingerprint density at radius 1 is 0.700 bits per heavy atom. The number of amides is 1. The van der Waals surface area contributed by atoms with Gasteiger partial charge in [0.15, 0.2) is 0 Å². The molecule has 1 saturated heterocycles. The molecule has 3 aromatic carbocycles. The zero-order valence-electron chi connectivity index (χ0n) is 16.3. The molecular formula is C24H21F3N2O. The highest BCUT2D eigenvalue weighted by atomic mass is 19.1. The molecule has 6 heteroatoms. The van der Waals surface area contributed by atoms with Crippen LogP contribution in [0.4, 0.5) is 13.2 Å². The van der Waals surface area contributed by atoms with Gasteiger partial charge in [0.2, 0.25) is 0 Å². The summed E-state index contributed by atoms with van der Waals surface area (Å²) in [5, 5.41) is 0. The van der Waals surface area contributed by atoms with Crippen molar-refractivity contribution < 1.29 is 18.0 Å². The molecule has 30 heavy (non-hydrogen) atoms. The molecule has 4 rings (SSSR count). The van der Waals surface area contributed by atoms with Gasteiger partial charge in [-0.1, -0.05) is 48.5 Å². The fourth-order valence-corrected chi connectivity index (χ4v) is 3.94. The van der Waals surface area contributed by atoms with Crippen molar-refractivity contribution >= 4 is 5.91 Å². The molecule has 1 amide bonds. The molecular weight excluding hydrogens is 389 g/mol. The molecule has 1 aliphatic heterocycles. The Morgan fingerprint density at radius 2 is 1.27 bits per heavy atom. The molecule has 1 atom stereocenters.